The lowest BCUT2D eigenvalue weighted by atomic mass is 10.1. The fourth-order valence-corrected chi connectivity index (χ4v) is 3.02. The van der Waals surface area contributed by atoms with Crippen molar-refractivity contribution in [2.75, 3.05) is 6.54 Å². The van der Waals surface area contributed by atoms with Crippen LogP contribution in [0.15, 0.2) is 53.5 Å². The number of hydrogen-bond donors (Lipinski definition) is 0. The van der Waals surface area contributed by atoms with E-state index >= 15 is 0 Å². The number of fused-ring (bicyclic) bond motifs is 1. The molecule has 134 valence electrons. The van der Waals surface area contributed by atoms with Crippen LogP contribution in [-0.4, -0.2) is 27.3 Å². The van der Waals surface area contributed by atoms with Crippen molar-refractivity contribution in [3.63, 3.8) is 0 Å². The number of nitriles is 1. The van der Waals surface area contributed by atoms with Gasteiger partial charge in [-0.25, -0.2) is 9.97 Å². The smallest absolute Gasteiger partial charge is 0.290 e. The van der Waals surface area contributed by atoms with E-state index in [2.05, 4.69) is 16.0 Å². The summed E-state index contributed by atoms with van der Waals surface area (Å²) in [6.45, 7) is 1.20. The average Bonchev–Trinajstić information content (AvgIpc) is 3.20. The van der Waals surface area contributed by atoms with Crippen LogP contribution in [0.3, 0.4) is 0 Å². The predicted molar refractivity (Wildman–Crippen MR) is 94.7 cm³/mol. The van der Waals surface area contributed by atoms with E-state index in [1.54, 1.807) is 41.4 Å². The summed E-state index contributed by atoms with van der Waals surface area (Å²) in [7, 11) is 0. The van der Waals surface area contributed by atoms with Gasteiger partial charge >= 0.3 is 0 Å². The minimum atomic E-state index is -0.186. The van der Waals surface area contributed by atoms with E-state index in [1.165, 1.54) is 12.6 Å². The van der Waals surface area contributed by atoms with Crippen LogP contribution in [0.4, 0.5) is 0 Å². The molecular weight excluding hydrogens is 344 g/mol. The largest absolute Gasteiger partial charge is 0.489 e. The van der Waals surface area contributed by atoms with Crippen molar-refractivity contribution >= 4 is 5.91 Å². The van der Waals surface area contributed by atoms with Gasteiger partial charge in [-0.15, -0.1) is 0 Å². The summed E-state index contributed by atoms with van der Waals surface area (Å²) in [6, 6.07) is 10.7. The van der Waals surface area contributed by atoms with Gasteiger partial charge in [0.2, 0.25) is 0 Å². The molecule has 27 heavy (non-hydrogen) atoms. The minimum absolute atomic E-state index is 0.180. The van der Waals surface area contributed by atoms with E-state index in [4.69, 9.17) is 14.4 Å². The standard InChI is InChI=1S/C20H16N4O3/c21-9-14-2-1-3-17(8-14)27-12-16-5-7-26-19(16)20(25)24-6-4-15-10-22-13-23-18(15)11-24/h1-3,5,7-8,10,13H,4,6,11-12H2. The number of furan rings is 1. The molecule has 0 spiro atoms. The molecule has 0 radical (unpaired) electrons. The average molecular weight is 360 g/mol. The number of amides is 1. The zero-order valence-corrected chi connectivity index (χ0v) is 14.5. The molecule has 0 fully saturated rings. The van der Waals surface area contributed by atoms with E-state index in [0.29, 0.717) is 30.0 Å². The van der Waals surface area contributed by atoms with Crippen molar-refractivity contribution in [1.82, 2.24) is 14.9 Å². The van der Waals surface area contributed by atoms with Crippen molar-refractivity contribution in [3.8, 4) is 11.8 Å². The maximum Gasteiger partial charge on any atom is 0.290 e. The summed E-state index contributed by atoms with van der Waals surface area (Å²) < 4.78 is 11.2. The van der Waals surface area contributed by atoms with Crippen LogP contribution in [0.2, 0.25) is 0 Å². The molecule has 2 aromatic heterocycles. The second kappa shape index (κ2) is 7.30. The zero-order valence-electron chi connectivity index (χ0n) is 14.5. The molecule has 1 amide bonds. The maximum atomic E-state index is 12.9. The van der Waals surface area contributed by atoms with Gasteiger partial charge in [0.15, 0.2) is 5.76 Å². The van der Waals surface area contributed by atoms with Crippen molar-refractivity contribution in [2.45, 2.75) is 19.6 Å². The Hall–Kier alpha value is -3.66. The Morgan fingerprint density at radius 1 is 1.37 bits per heavy atom. The number of aromatic nitrogens is 2. The Morgan fingerprint density at radius 3 is 3.19 bits per heavy atom. The Labute approximate surface area is 155 Å². The van der Waals surface area contributed by atoms with E-state index in [0.717, 1.165) is 17.7 Å². The first-order chi connectivity index (χ1) is 13.2. The second-order valence-electron chi connectivity index (χ2n) is 6.17. The van der Waals surface area contributed by atoms with Gasteiger partial charge in [-0.05, 0) is 36.2 Å². The van der Waals surface area contributed by atoms with Crippen molar-refractivity contribution < 1.29 is 13.9 Å². The van der Waals surface area contributed by atoms with Crippen LogP contribution in [0.1, 0.15) is 32.9 Å². The first-order valence-corrected chi connectivity index (χ1v) is 8.51. The molecule has 7 nitrogen and oxygen atoms in total. The summed E-state index contributed by atoms with van der Waals surface area (Å²) >= 11 is 0. The third-order valence-electron chi connectivity index (χ3n) is 4.46. The summed E-state index contributed by atoms with van der Waals surface area (Å²) in [5.74, 6) is 0.648. The highest BCUT2D eigenvalue weighted by Crippen LogP contribution is 2.22. The Kier molecular flexibility index (Phi) is 4.54. The third-order valence-corrected chi connectivity index (χ3v) is 4.46. The molecule has 0 saturated heterocycles. The quantitative estimate of drug-likeness (QED) is 0.710. The molecule has 4 rings (SSSR count). The lowest BCUT2D eigenvalue weighted by Gasteiger charge is -2.27. The number of carbonyl (C=O) groups is 1. The van der Waals surface area contributed by atoms with Crippen LogP contribution < -0.4 is 4.74 Å². The lowest BCUT2D eigenvalue weighted by molar-refractivity contribution is 0.0695. The summed E-state index contributed by atoms with van der Waals surface area (Å²) in [5.41, 5.74) is 3.12. The predicted octanol–water partition coefficient (Wildman–Crippen LogP) is 2.72. The van der Waals surface area contributed by atoms with E-state index in [-0.39, 0.29) is 18.3 Å². The highest BCUT2D eigenvalue weighted by Gasteiger charge is 2.26. The summed E-state index contributed by atoms with van der Waals surface area (Å²) in [5, 5.41) is 8.97. The number of rotatable bonds is 4. The maximum absolute atomic E-state index is 12.9. The molecule has 0 saturated carbocycles. The SMILES string of the molecule is N#Cc1cccc(OCc2ccoc2C(=O)N2CCc3cncnc3C2)c1. The molecule has 3 heterocycles. The Morgan fingerprint density at radius 2 is 2.30 bits per heavy atom. The highest BCUT2D eigenvalue weighted by molar-refractivity contribution is 5.93. The van der Waals surface area contributed by atoms with E-state index in [1.807, 2.05) is 0 Å². The molecule has 1 aromatic carbocycles. The van der Waals surface area contributed by atoms with Crippen molar-refractivity contribution in [3.05, 3.63) is 77.3 Å². The first kappa shape index (κ1) is 16.8. The molecule has 0 unspecified atom stereocenters. The number of ether oxygens (including phenoxy) is 1. The molecule has 3 aromatic rings. The van der Waals surface area contributed by atoms with Gasteiger partial charge in [-0.3, -0.25) is 4.79 Å². The van der Waals surface area contributed by atoms with E-state index in [9.17, 15) is 4.79 Å². The van der Waals surface area contributed by atoms with Crippen LogP contribution in [0.25, 0.3) is 0 Å². The van der Waals surface area contributed by atoms with Gasteiger partial charge in [0.05, 0.1) is 30.1 Å². The van der Waals surface area contributed by atoms with Gasteiger partial charge in [0.1, 0.15) is 18.7 Å². The monoisotopic (exact) mass is 360 g/mol. The van der Waals surface area contributed by atoms with Crippen LogP contribution in [0, 0.1) is 11.3 Å². The fraction of sp³-hybridized carbons (Fsp3) is 0.200. The normalized spacial score (nSPS) is 12.9. The fourth-order valence-electron chi connectivity index (χ4n) is 3.02. The van der Waals surface area contributed by atoms with Crippen molar-refractivity contribution in [1.29, 1.82) is 5.26 Å². The minimum Gasteiger partial charge on any atom is -0.489 e. The molecule has 7 heteroatoms. The molecule has 0 N–H and O–H groups in total. The van der Waals surface area contributed by atoms with Gasteiger partial charge in [0.25, 0.3) is 5.91 Å². The van der Waals surface area contributed by atoms with Gasteiger partial charge in [-0.1, -0.05) is 6.07 Å². The molecule has 1 aliphatic rings. The van der Waals surface area contributed by atoms with Gasteiger partial charge in [-0.2, -0.15) is 5.26 Å². The topological polar surface area (TPSA) is 92.2 Å². The van der Waals surface area contributed by atoms with Crippen LogP contribution in [-0.2, 0) is 19.6 Å². The number of hydrogen-bond acceptors (Lipinski definition) is 6. The molecule has 0 bridgehead atoms. The van der Waals surface area contributed by atoms with Gasteiger partial charge in [0, 0.05) is 18.3 Å². The van der Waals surface area contributed by atoms with Crippen LogP contribution in [0.5, 0.6) is 5.75 Å². The van der Waals surface area contributed by atoms with Gasteiger partial charge < -0.3 is 14.1 Å². The summed E-state index contributed by atoms with van der Waals surface area (Å²) in [6.07, 6.45) is 5.49. The molecular formula is C20H16N4O3. The molecule has 1 aliphatic heterocycles. The Bertz CT molecular complexity index is 1020. The molecule has 0 atom stereocenters. The van der Waals surface area contributed by atoms with Crippen LogP contribution >= 0.6 is 0 Å². The second-order valence-corrected chi connectivity index (χ2v) is 6.17. The Balaban J connectivity index is 1.47. The number of carbonyl (C=O) groups excluding carboxylic acids is 1. The van der Waals surface area contributed by atoms with E-state index < -0.39 is 0 Å². The lowest BCUT2D eigenvalue weighted by Crippen LogP contribution is -2.36. The van der Waals surface area contributed by atoms with Crippen molar-refractivity contribution in [2.24, 2.45) is 0 Å². The highest BCUT2D eigenvalue weighted by atomic mass is 16.5. The number of benzene rings is 1. The first-order valence-electron chi connectivity index (χ1n) is 8.51. The molecule has 0 aliphatic carbocycles. The third kappa shape index (κ3) is 3.51. The summed E-state index contributed by atoms with van der Waals surface area (Å²) in [4.78, 5) is 22.9. The number of nitrogens with zero attached hydrogens (tertiary/aromatic N) is 4. The zero-order chi connectivity index (χ0) is 18.6.